The van der Waals surface area contributed by atoms with Crippen molar-refractivity contribution in [3.8, 4) is 56.8 Å². The van der Waals surface area contributed by atoms with Gasteiger partial charge in [0.15, 0.2) is 34.5 Å². The molecule has 18 rings (SSSR count). The molecule has 3 saturated heterocycles. The van der Waals surface area contributed by atoms with Crippen LogP contribution >= 0.6 is 63.7 Å². The molecule has 12 aromatic rings. The lowest BCUT2D eigenvalue weighted by Crippen LogP contribution is -2.41. The number of fused-ring (bicyclic) bond motifs is 3. The fourth-order valence-electron chi connectivity index (χ4n) is 13.5. The molecule has 2 N–H and O–H groups in total. The van der Waals surface area contributed by atoms with Crippen LogP contribution in [-0.2, 0) is 52.9 Å². The molecule has 0 spiro atoms. The van der Waals surface area contributed by atoms with Crippen LogP contribution in [0.3, 0.4) is 0 Å². The molecule has 694 valence electrons. The number of rotatable bonds is 11. The lowest BCUT2D eigenvalue weighted by atomic mass is 9.49. The summed E-state index contributed by atoms with van der Waals surface area (Å²) in [7, 11) is -1.41. The summed E-state index contributed by atoms with van der Waals surface area (Å²) in [6.07, 6.45) is -2.41. The summed E-state index contributed by atoms with van der Waals surface area (Å²) in [6.45, 7) is 35.1. The first-order valence-corrected chi connectivity index (χ1v) is 45.3. The monoisotopic (exact) mass is 2070 g/mol. The lowest BCUT2D eigenvalue weighted by Gasteiger charge is -2.32. The zero-order valence-corrected chi connectivity index (χ0v) is 82.0. The van der Waals surface area contributed by atoms with Crippen molar-refractivity contribution in [3.63, 3.8) is 0 Å². The highest BCUT2D eigenvalue weighted by Crippen LogP contribution is 2.51. The van der Waals surface area contributed by atoms with Crippen LogP contribution < -0.4 is 61.7 Å². The number of alkyl halides is 7. The lowest BCUT2D eigenvalue weighted by molar-refractivity contribution is -0.287. The summed E-state index contributed by atoms with van der Waals surface area (Å²) in [4.78, 5) is 63.2. The Morgan fingerprint density at radius 2 is 0.644 bits per heavy atom. The molecule has 0 bridgehead atoms. The number of hydrogen-bond acceptors (Lipinski definition) is 17. The number of aromatic nitrogens is 5. The van der Waals surface area contributed by atoms with Gasteiger partial charge in [0.1, 0.15) is 0 Å². The van der Waals surface area contributed by atoms with Crippen LogP contribution in [0.25, 0.3) is 22.3 Å². The number of aromatic amines is 2. The van der Waals surface area contributed by atoms with Crippen molar-refractivity contribution >= 4 is 90.3 Å². The van der Waals surface area contributed by atoms with Gasteiger partial charge in [-0.2, -0.15) is 0 Å². The maximum absolute atomic E-state index is 13.5. The van der Waals surface area contributed by atoms with E-state index in [0.717, 1.165) is 53.1 Å². The van der Waals surface area contributed by atoms with Crippen LogP contribution in [0, 0.1) is 34.6 Å². The van der Waals surface area contributed by atoms with E-state index in [0.29, 0.717) is 57.5 Å². The highest BCUT2D eigenvalue weighted by Gasteiger charge is 2.64. The molecule has 0 radical (unpaired) electrons. The van der Waals surface area contributed by atoms with Gasteiger partial charge in [0.05, 0.1) is 57.7 Å². The van der Waals surface area contributed by atoms with E-state index in [1.54, 1.807) is 94.5 Å². The van der Waals surface area contributed by atoms with Crippen LogP contribution in [0.2, 0.25) is 0 Å². The number of pyridine rings is 5. The van der Waals surface area contributed by atoms with Gasteiger partial charge in [-0.3, -0.25) is 24.0 Å². The third kappa shape index (κ3) is 25.9. The van der Waals surface area contributed by atoms with E-state index >= 15 is 0 Å². The fraction of sp³-hybridized carbons (Fsp3) is 0.309. The van der Waals surface area contributed by atoms with Crippen molar-refractivity contribution < 1.29 is 82.7 Å². The SMILES string of the molecule is BrCc1ccccc1.CC1(C)OB(B2OC(C)(C)C(C)(C)O2)OC1(C)C.Cc1cc(=O)[nH]cc1-c1cccc2c1OC(F)(F)O2.Cc1cc(=O)[nH]cc1Br.Cc1cc(=O)n(Cc2ccccc2)cc1-c1cccc2c1OC(F)(F)O2.Cc1cc(=O)n(Cc2ccccc2)cc1B1OC(C)(C)C(C)(C)O1.Cc1cc(=O)n(Cc2ccccc2)cc1Br.FC1(F)Oc2cccc(Br)c2O1. The summed E-state index contributed by atoms with van der Waals surface area (Å²) >= 11 is 13.1. The van der Waals surface area contributed by atoms with Gasteiger partial charge in [0.2, 0.25) is 11.1 Å². The zero-order valence-electron chi connectivity index (χ0n) is 75.6. The number of nitrogens with zero attached hydrogens (tertiary/aromatic N) is 3. The minimum Gasteiger partial charge on any atom is -0.405 e. The molecular weight excluding hydrogens is 1970 g/mol. The number of H-pyrrole nitrogens is 2. The number of aryl methyl sites for hydroxylation is 5. The second-order valence-corrected chi connectivity index (χ2v) is 37.6. The molecule has 0 saturated carbocycles. The summed E-state index contributed by atoms with van der Waals surface area (Å²) < 4.78 is 148. The summed E-state index contributed by atoms with van der Waals surface area (Å²) in [5, 5.41) is 0.952. The van der Waals surface area contributed by atoms with E-state index in [2.05, 4.69) is 114 Å². The zero-order chi connectivity index (χ0) is 96.4. The molecule has 3 fully saturated rings. The molecule has 0 amide bonds. The highest BCUT2D eigenvalue weighted by molar-refractivity contribution is 9.11. The molecule has 6 aliphatic heterocycles. The average Bonchev–Trinajstić information content (AvgIpc) is 1.82. The molecule has 0 atom stereocenters. The normalized spacial score (nSPS) is 16.9. The van der Waals surface area contributed by atoms with E-state index in [1.807, 2.05) is 225 Å². The van der Waals surface area contributed by atoms with Crippen LogP contribution in [0.5, 0.6) is 34.5 Å². The number of nitrogens with one attached hydrogen (secondary N) is 2. The molecular formula is C97H100B3Br4F6N5O17. The standard InChI is InChI=1S/C20H15F2NO3.C19H24BNO3.C13H12BrNO.C13H9F2NO3.C12H24B2O4.C7H3BrF2O2.C7H7Br.C6H6BrNO/c1-13-10-18(24)23(11-14-6-3-2-4-7-14)12-16(13)15-8-5-9-17-19(15)26-20(21,22)25-17;1-14-11-17(22)21(12-15-9-7-6-8-10-15)13-16(14)20-23-18(2,3)19(4,5)24-20;1-10-7-13(16)15(9-12(10)14)8-11-5-3-2-4-6-11;1-7-5-11(17)16-6-9(7)8-3-2-4-10-12(8)19-13(14,15)18-10;1-9(2)10(3,4)16-13(15-9)14-17-11(5,6)12(7,8)18-14;8-4-2-1-3-5-6(4)12-7(9,10)11-5;8-6-7-4-2-1-3-5-7;1-4-2-6(9)8-3-5(4)7/h2-10,12H,11H2,1H3;6-11,13H,12H2,1-5H3;2-7,9H,8H2,1H3;2-6H,1H3,(H,16,17);1-8H3;1-3H;1-5H,6H2;2-3H,1H3,(H,8,9). The Balaban J connectivity index is 0.000000149. The molecule has 0 aliphatic carbocycles. The van der Waals surface area contributed by atoms with Gasteiger partial charge in [-0.25, -0.2) is 0 Å². The molecule has 0 unspecified atom stereocenters. The molecule has 7 aromatic carbocycles. The van der Waals surface area contributed by atoms with Crippen LogP contribution in [0.1, 0.15) is 133 Å². The second-order valence-electron chi connectivity index (χ2n) is 34.5. The Morgan fingerprint density at radius 1 is 0.318 bits per heavy atom. The predicted molar refractivity (Wildman–Crippen MR) is 513 cm³/mol. The Labute approximate surface area is 795 Å². The third-order valence-electron chi connectivity index (χ3n) is 22.8. The van der Waals surface area contributed by atoms with Crippen LogP contribution in [0.4, 0.5) is 26.3 Å². The van der Waals surface area contributed by atoms with Crippen molar-refractivity contribution in [3.05, 3.63) is 352 Å². The number of halogens is 10. The Bertz CT molecular complexity index is 6290. The average molecular weight is 2070 g/mol. The highest BCUT2D eigenvalue weighted by atomic mass is 79.9. The van der Waals surface area contributed by atoms with Gasteiger partial charge < -0.3 is 80.0 Å². The first-order valence-electron chi connectivity index (χ1n) is 41.8. The first-order chi connectivity index (χ1) is 61.8. The van der Waals surface area contributed by atoms with Gasteiger partial charge in [0.25, 0.3) is 16.7 Å². The van der Waals surface area contributed by atoms with Gasteiger partial charge in [-0.15, -0.1) is 26.3 Å². The Kier molecular flexibility index (Phi) is 32.5. The van der Waals surface area contributed by atoms with Crippen molar-refractivity contribution in [1.29, 1.82) is 0 Å². The summed E-state index contributed by atoms with van der Waals surface area (Å²) in [5.41, 5.74) is 9.02. The van der Waals surface area contributed by atoms with E-state index in [-0.39, 0.29) is 84.7 Å². The minimum absolute atomic E-state index is 0.0170. The van der Waals surface area contributed by atoms with Gasteiger partial charge in [-0.05, 0) is 240 Å². The van der Waals surface area contributed by atoms with Gasteiger partial charge >= 0.3 is 40.0 Å². The predicted octanol–water partition coefficient (Wildman–Crippen LogP) is 21.4. The van der Waals surface area contributed by atoms with Crippen LogP contribution in [0.15, 0.2) is 275 Å². The number of ether oxygens (including phenoxy) is 6. The Morgan fingerprint density at radius 3 is 1.03 bits per heavy atom. The molecule has 132 heavy (non-hydrogen) atoms. The topological polar surface area (TPSA) is 242 Å². The minimum atomic E-state index is -3.69. The third-order valence-corrected chi connectivity index (χ3v) is 25.8. The van der Waals surface area contributed by atoms with E-state index in [4.69, 9.17) is 27.9 Å². The van der Waals surface area contributed by atoms with Gasteiger partial charge in [-0.1, -0.05) is 168 Å². The first kappa shape index (κ1) is 102. The molecule has 35 heteroatoms. The second kappa shape index (κ2) is 42.0. The van der Waals surface area contributed by atoms with Crippen molar-refractivity contribution in [1.82, 2.24) is 23.7 Å². The van der Waals surface area contributed by atoms with E-state index in [9.17, 15) is 50.3 Å². The molecule has 11 heterocycles. The maximum Gasteiger partial charge on any atom is 0.586 e. The fourth-order valence-corrected chi connectivity index (χ4v) is 14.9. The van der Waals surface area contributed by atoms with Crippen molar-refractivity contribution in [2.45, 2.75) is 195 Å². The summed E-state index contributed by atoms with van der Waals surface area (Å²) in [5.74, 6) is 0.00541. The molecule has 5 aromatic heterocycles. The van der Waals surface area contributed by atoms with E-state index < -0.39 is 51.2 Å². The van der Waals surface area contributed by atoms with Crippen molar-refractivity contribution in [2.75, 3.05) is 0 Å². The molecule has 22 nitrogen and oxygen atoms in total. The number of hydrogen-bond donors (Lipinski definition) is 2. The summed E-state index contributed by atoms with van der Waals surface area (Å²) in [6, 6.07) is 61.4. The smallest absolute Gasteiger partial charge is 0.405 e. The quantitative estimate of drug-likeness (QED) is 0.0694. The van der Waals surface area contributed by atoms with Crippen molar-refractivity contribution in [2.24, 2.45) is 0 Å². The largest absolute Gasteiger partial charge is 0.586 e. The van der Waals surface area contributed by atoms with Gasteiger partial charge in [0, 0.05) is 103 Å². The van der Waals surface area contributed by atoms with Crippen LogP contribution in [-0.4, -0.2) is 97.3 Å². The Hall–Kier alpha value is -10.5. The number of para-hydroxylation sites is 3. The van der Waals surface area contributed by atoms with E-state index in [1.165, 1.54) is 42.1 Å². The maximum atomic E-state index is 13.5. The number of benzene rings is 7. The molecule has 6 aliphatic rings.